The van der Waals surface area contributed by atoms with Crippen molar-refractivity contribution in [3.05, 3.63) is 71.5 Å². The number of para-hydroxylation sites is 1. The van der Waals surface area contributed by atoms with Crippen molar-refractivity contribution in [3.63, 3.8) is 0 Å². The molecule has 40 heavy (non-hydrogen) atoms. The van der Waals surface area contributed by atoms with Crippen molar-refractivity contribution in [2.45, 2.75) is 27.3 Å². The van der Waals surface area contributed by atoms with Crippen LogP contribution in [0.4, 0.5) is 21.5 Å². The second kappa shape index (κ2) is 13.1. The predicted molar refractivity (Wildman–Crippen MR) is 168 cm³/mol. The monoisotopic (exact) mass is 561 g/mol. The SMILES string of the molecule is CCN1CCN(c2ccc(NC(C)=Nc3cccc(-c4ccc(CN5CCSCC5)c(F)c4)c3O)cc2C)CC1. The van der Waals surface area contributed by atoms with Crippen molar-refractivity contribution in [1.82, 2.24) is 9.80 Å². The van der Waals surface area contributed by atoms with E-state index in [0.29, 0.717) is 34.8 Å². The molecule has 8 heteroatoms. The van der Waals surface area contributed by atoms with Gasteiger partial charge in [-0.2, -0.15) is 11.8 Å². The average molecular weight is 562 g/mol. The van der Waals surface area contributed by atoms with E-state index in [1.54, 1.807) is 12.1 Å². The van der Waals surface area contributed by atoms with E-state index in [2.05, 4.69) is 57.1 Å². The van der Waals surface area contributed by atoms with Crippen LogP contribution in [-0.4, -0.2) is 78.1 Å². The molecule has 2 N–H and O–H groups in total. The number of hydrogen-bond acceptors (Lipinski definition) is 6. The molecule has 0 radical (unpaired) electrons. The van der Waals surface area contributed by atoms with Gasteiger partial charge < -0.3 is 20.2 Å². The minimum atomic E-state index is -0.243. The normalized spacial score (nSPS) is 17.3. The van der Waals surface area contributed by atoms with Gasteiger partial charge in [-0.1, -0.05) is 31.2 Å². The van der Waals surface area contributed by atoms with Crippen molar-refractivity contribution >= 4 is 34.7 Å². The summed E-state index contributed by atoms with van der Waals surface area (Å²) in [6, 6.07) is 17.1. The van der Waals surface area contributed by atoms with Crippen LogP contribution in [0.1, 0.15) is 25.0 Å². The van der Waals surface area contributed by atoms with Crippen LogP contribution < -0.4 is 10.2 Å². The molecule has 0 saturated carbocycles. The van der Waals surface area contributed by atoms with E-state index in [-0.39, 0.29) is 11.6 Å². The molecular formula is C32H40FN5OS. The summed E-state index contributed by atoms with van der Waals surface area (Å²) in [5, 5.41) is 14.4. The van der Waals surface area contributed by atoms with Gasteiger partial charge in [-0.25, -0.2) is 9.38 Å². The third kappa shape index (κ3) is 6.79. The number of phenolic OH excluding ortho intramolecular Hbond substituents is 1. The lowest BCUT2D eigenvalue weighted by Crippen LogP contribution is -2.46. The Morgan fingerprint density at radius 2 is 1.75 bits per heavy atom. The summed E-state index contributed by atoms with van der Waals surface area (Å²) in [5.74, 6) is 2.65. The maximum atomic E-state index is 15.0. The number of rotatable bonds is 7. The van der Waals surface area contributed by atoms with Gasteiger partial charge in [-0.3, -0.25) is 4.90 Å². The van der Waals surface area contributed by atoms with Gasteiger partial charge in [0.05, 0.1) is 0 Å². The van der Waals surface area contributed by atoms with Crippen LogP contribution >= 0.6 is 11.8 Å². The number of amidine groups is 1. The fraction of sp³-hybridized carbons (Fsp3) is 0.406. The van der Waals surface area contributed by atoms with Gasteiger partial charge in [0, 0.05) is 79.8 Å². The first kappa shape index (κ1) is 28.5. The van der Waals surface area contributed by atoms with Crippen LogP contribution in [0.3, 0.4) is 0 Å². The largest absolute Gasteiger partial charge is 0.505 e. The molecule has 0 bridgehead atoms. The second-order valence-electron chi connectivity index (χ2n) is 10.6. The number of anilines is 2. The molecule has 0 unspecified atom stereocenters. The van der Waals surface area contributed by atoms with Gasteiger partial charge in [0.25, 0.3) is 0 Å². The van der Waals surface area contributed by atoms with E-state index in [0.717, 1.165) is 63.0 Å². The summed E-state index contributed by atoms with van der Waals surface area (Å²) >= 11 is 1.95. The molecule has 2 heterocycles. The lowest BCUT2D eigenvalue weighted by Gasteiger charge is -2.36. The number of hydrogen-bond donors (Lipinski definition) is 2. The first-order chi connectivity index (χ1) is 19.4. The summed E-state index contributed by atoms with van der Waals surface area (Å²) in [5.41, 5.74) is 5.79. The van der Waals surface area contributed by atoms with E-state index in [4.69, 9.17) is 0 Å². The fourth-order valence-corrected chi connectivity index (χ4v) is 6.49. The Labute approximate surface area is 241 Å². The zero-order valence-electron chi connectivity index (χ0n) is 23.8. The highest BCUT2D eigenvalue weighted by Gasteiger charge is 2.18. The van der Waals surface area contributed by atoms with Crippen LogP contribution in [-0.2, 0) is 6.54 Å². The van der Waals surface area contributed by atoms with E-state index < -0.39 is 0 Å². The summed E-state index contributed by atoms with van der Waals surface area (Å²) in [4.78, 5) is 11.9. The number of thioether (sulfide) groups is 1. The minimum absolute atomic E-state index is 0.0432. The Bertz CT molecular complexity index is 1350. The molecule has 0 aliphatic carbocycles. The molecule has 3 aromatic rings. The number of nitrogens with one attached hydrogen (secondary N) is 1. The highest BCUT2D eigenvalue weighted by atomic mass is 32.2. The average Bonchev–Trinajstić information content (AvgIpc) is 2.96. The van der Waals surface area contributed by atoms with Crippen molar-refractivity contribution in [2.75, 3.05) is 67.5 Å². The Morgan fingerprint density at radius 1 is 0.975 bits per heavy atom. The van der Waals surface area contributed by atoms with Crippen molar-refractivity contribution < 1.29 is 9.50 Å². The molecule has 5 rings (SSSR count). The second-order valence-corrected chi connectivity index (χ2v) is 11.8. The summed E-state index contributed by atoms with van der Waals surface area (Å²) in [6.45, 7) is 14.2. The van der Waals surface area contributed by atoms with Gasteiger partial charge in [0.1, 0.15) is 23.1 Å². The molecule has 2 aliphatic rings. The molecule has 0 amide bonds. The minimum Gasteiger partial charge on any atom is -0.505 e. The lowest BCUT2D eigenvalue weighted by atomic mass is 10.0. The third-order valence-corrected chi connectivity index (χ3v) is 8.79. The molecule has 6 nitrogen and oxygen atoms in total. The molecule has 2 saturated heterocycles. The molecule has 2 aliphatic heterocycles. The number of likely N-dealkylation sites (N-methyl/N-ethyl adjacent to an activating group) is 1. The van der Waals surface area contributed by atoms with Gasteiger partial charge in [0.15, 0.2) is 0 Å². The Balaban J connectivity index is 1.28. The number of aromatic hydroxyl groups is 1. The number of phenols is 1. The molecule has 2 fully saturated rings. The number of piperazine rings is 1. The summed E-state index contributed by atoms with van der Waals surface area (Å²) in [6.07, 6.45) is 0. The Hall–Kier alpha value is -3.07. The standard InChI is InChI=1S/C32H40FN5OS/c1-4-36-12-14-38(15-13-36)31-11-10-27(20-23(31)2)34-24(3)35-30-7-5-6-28(32(30)39)25-8-9-26(29(33)21-25)22-37-16-18-40-19-17-37/h5-11,20-21,39H,4,12-19,22H2,1-3H3,(H,34,35). The molecule has 3 aromatic carbocycles. The van der Waals surface area contributed by atoms with Crippen LogP contribution in [0.15, 0.2) is 59.6 Å². The molecule has 0 spiro atoms. The quantitative estimate of drug-likeness (QED) is 0.259. The number of aliphatic imine (C=N–C) groups is 1. The van der Waals surface area contributed by atoms with E-state index in [9.17, 15) is 5.11 Å². The maximum absolute atomic E-state index is 15.0. The van der Waals surface area contributed by atoms with Gasteiger partial charge in [-0.05, 0) is 61.9 Å². The van der Waals surface area contributed by atoms with Gasteiger partial charge >= 0.3 is 0 Å². The number of halogens is 1. The summed E-state index contributed by atoms with van der Waals surface area (Å²) in [7, 11) is 0. The lowest BCUT2D eigenvalue weighted by molar-refractivity contribution is 0.271. The highest BCUT2D eigenvalue weighted by molar-refractivity contribution is 7.99. The molecule has 0 atom stereocenters. The van der Waals surface area contributed by atoms with Gasteiger partial charge in [0.2, 0.25) is 0 Å². The third-order valence-electron chi connectivity index (χ3n) is 7.85. The zero-order chi connectivity index (χ0) is 28.1. The smallest absolute Gasteiger partial charge is 0.149 e. The van der Waals surface area contributed by atoms with Crippen molar-refractivity contribution in [1.29, 1.82) is 0 Å². The topological polar surface area (TPSA) is 54.3 Å². The molecule has 212 valence electrons. The molecular weight excluding hydrogens is 521 g/mol. The van der Waals surface area contributed by atoms with Crippen LogP contribution in [0.25, 0.3) is 11.1 Å². The predicted octanol–water partition coefficient (Wildman–Crippen LogP) is 6.36. The number of aryl methyl sites for hydroxylation is 1. The fourth-order valence-electron chi connectivity index (χ4n) is 5.51. The van der Waals surface area contributed by atoms with Crippen LogP contribution in [0.5, 0.6) is 5.75 Å². The van der Waals surface area contributed by atoms with E-state index in [1.165, 1.54) is 17.3 Å². The van der Waals surface area contributed by atoms with Gasteiger partial charge in [-0.15, -0.1) is 0 Å². The highest BCUT2D eigenvalue weighted by Crippen LogP contribution is 2.38. The van der Waals surface area contributed by atoms with Crippen LogP contribution in [0.2, 0.25) is 0 Å². The van der Waals surface area contributed by atoms with Crippen molar-refractivity contribution in [2.24, 2.45) is 4.99 Å². The summed E-state index contributed by atoms with van der Waals surface area (Å²) < 4.78 is 15.0. The zero-order valence-corrected chi connectivity index (χ0v) is 24.6. The first-order valence-electron chi connectivity index (χ1n) is 14.2. The van der Waals surface area contributed by atoms with E-state index in [1.807, 2.05) is 36.9 Å². The van der Waals surface area contributed by atoms with Crippen LogP contribution in [0, 0.1) is 12.7 Å². The molecule has 0 aromatic heterocycles. The van der Waals surface area contributed by atoms with Crippen molar-refractivity contribution in [3.8, 4) is 16.9 Å². The Morgan fingerprint density at radius 3 is 2.45 bits per heavy atom. The first-order valence-corrected chi connectivity index (χ1v) is 15.4. The number of benzene rings is 3. The van der Waals surface area contributed by atoms with E-state index >= 15 is 4.39 Å². The number of nitrogens with zero attached hydrogens (tertiary/aromatic N) is 4. The Kier molecular flexibility index (Phi) is 9.29. The maximum Gasteiger partial charge on any atom is 0.149 e.